The van der Waals surface area contributed by atoms with Crippen molar-refractivity contribution in [3.8, 4) is 0 Å². The predicted molar refractivity (Wildman–Crippen MR) is 51.4 cm³/mol. The SMILES string of the molecule is O=C(O)c1cc([N+](=O)[O-])cn1Cc1ncon1. The highest BCUT2D eigenvalue weighted by Crippen LogP contribution is 2.17. The molecule has 1 N–H and O–H groups in total. The number of nitro groups is 1. The summed E-state index contributed by atoms with van der Waals surface area (Å²) in [7, 11) is 0. The Morgan fingerprint density at radius 1 is 1.65 bits per heavy atom. The van der Waals surface area contributed by atoms with E-state index < -0.39 is 10.9 Å². The van der Waals surface area contributed by atoms with Crippen molar-refractivity contribution >= 4 is 11.7 Å². The molecule has 9 heteroatoms. The summed E-state index contributed by atoms with van der Waals surface area (Å²) in [4.78, 5) is 24.5. The zero-order chi connectivity index (χ0) is 12.4. The summed E-state index contributed by atoms with van der Waals surface area (Å²) in [6.07, 6.45) is 2.20. The van der Waals surface area contributed by atoms with Crippen molar-refractivity contribution in [1.82, 2.24) is 14.7 Å². The van der Waals surface area contributed by atoms with Crippen molar-refractivity contribution in [3.05, 3.63) is 40.3 Å². The van der Waals surface area contributed by atoms with E-state index in [2.05, 4.69) is 14.7 Å². The standard InChI is InChI=1S/C8H6N4O5/c13-8(14)6-1-5(12(15)16)2-11(6)3-7-9-4-17-10-7/h1-2,4H,3H2,(H,13,14). The molecule has 0 atom stereocenters. The number of carbonyl (C=O) groups is 1. The van der Waals surface area contributed by atoms with E-state index >= 15 is 0 Å². The minimum Gasteiger partial charge on any atom is -0.477 e. The van der Waals surface area contributed by atoms with Gasteiger partial charge in [-0.25, -0.2) is 4.79 Å². The normalized spacial score (nSPS) is 10.4. The smallest absolute Gasteiger partial charge is 0.352 e. The fraction of sp³-hybridized carbons (Fsp3) is 0.125. The Bertz CT molecular complexity index is 558. The van der Waals surface area contributed by atoms with Gasteiger partial charge < -0.3 is 14.2 Å². The molecule has 2 rings (SSSR count). The van der Waals surface area contributed by atoms with Gasteiger partial charge in [0.2, 0.25) is 6.39 Å². The minimum atomic E-state index is -1.26. The van der Waals surface area contributed by atoms with Crippen molar-refractivity contribution in [3.63, 3.8) is 0 Å². The lowest BCUT2D eigenvalue weighted by molar-refractivity contribution is -0.384. The van der Waals surface area contributed by atoms with Gasteiger partial charge in [-0.15, -0.1) is 0 Å². The summed E-state index contributed by atoms with van der Waals surface area (Å²) in [5.74, 6) is -1.03. The van der Waals surface area contributed by atoms with Crippen LogP contribution in [0.1, 0.15) is 16.3 Å². The van der Waals surface area contributed by atoms with Crippen molar-refractivity contribution in [2.45, 2.75) is 6.54 Å². The van der Waals surface area contributed by atoms with E-state index in [0.29, 0.717) is 0 Å². The molecule has 0 amide bonds. The Kier molecular flexibility index (Phi) is 2.57. The highest BCUT2D eigenvalue weighted by molar-refractivity contribution is 5.86. The molecule has 2 aromatic heterocycles. The second-order valence-corrected chi connectivity index (χ2v) is 3.12. The molecule has 0 aliphatic heterocycles. The monoisotopic (exact) mass is 238 g/mol. The number of aromatic nitrogens is 3. The van der Waals surface area contributed by atoms with Crippen molar-refractivity contribution < 1.29 is 19.3 Å². The molecule has 88 valence electrons. The average Bonchev–Trinajstić information content (AvgIpc) is 2.87. The molecule has 0 spiro atoms. The maximum absolute atomic E-state index is 10.9. The zero-order valence-electron chi connectivity index (χ0n) is 8.31. The van der Waals surface area contributed by atoms with E-state index in [0.717, 1.165) is 18.7 Å². The average molecular weight is 238 g/mol. The lowest BCUT2D eigenvalue weighted by Gasteiger charge is -2.00. The van der Waals surface area contributed by atoms with Gasteiger partial charge in [-0.3, -0.25) is 10.1 Å². The van der Waals surface area contributed by atoms with Crippen LogP contribution in [0, 0.1) is 10.1 Å². The number of carboxylic acid groups (broad SMARTS) is 1. The minimum absolute atomic E-state index is 0.00796. The highest BCUT2D eigenvalue weighted by atomic mass is 16.6. The Morgan fingerprint density at radius 3 is 2.94 bits per heavy atom. The van der Waals surface area contributed by atoms with Crippen molar-refractivity contribution in [2.24, 2.45) is 0 Å². The van der Waals surface area contributed by atoms with E-state index in [1.54, 1.807) is 0 Å². The summed E-state index contributed by atoms with van der Waals surface area (Å²) in [6, 6.07) is 0.975. The lowest BCUT2D eigenvalue weighted by atomic mass is 10.4. The van der Waals surface area contributed by atoms with Gasteiger partial charge in [-0.2, -0.15) is 4.98 Å². The molecule has 2 aromatic rings. The molecule has 0 aliphatic rings. The van der Waals surface area contributed by atoms with Gasteiger partial charge in [0.05, 0.1) is 17.7 Å². The number of aromatic carboxylic acids is 1. The Balaban J connectivity index is 2.37. The van der Waals surface area contributed by atoms with Crippen LogP contribution >= 0.6 is 0 Å². The Labute approximate surface area is 93.4 Å². The van der Waals surface area contributed by atoms with E-state index in [1.807, 2.05) is 0 Å². The maximum Gasteiger partial charge on any atom is 0.352 e. The first-order valence-electron chi connectivity index (χ1n) is 4.41. The van der Waals surface area contributed by atoms with Gasteiger partial charge in [-0.1, -0.05) is 5.16 Å². The van der Waals surface area contributed by atoms with E-state index in [4.69, 9.17) is 5.11 Å². The summed E-state index contributed by atoms with van der Waals surface area (Å²) in [6.45, 7) is -0.00796. The largest absolute Gasteiger partial charge is 0.477 e. The quantitative estimate of drug-likeness (QED) is 0.608. The molecule has 17 heavy (non-hydrogen) atoms. The second kappa shape index (κ2) is 4.04. The Hall–Kier alpha value is -2.71. The summed E-state index contributed by atoms with van der Waals surface area (Å²) < 4.78 is 5.66. The molecule has 9 nitrogen and oxygen atoms in total. The van der Waals surface area contributed by atoms with Crippen LogP contribution < -0.4 is 0 Å². The first kappa shape index (κ1) is 10.8. The molecule has 0 saturated carbocycles. The third-order valence-electron chi connectivity index (χ3n) is 2.03. The number of nitrogens with zero attached hydrogens (tertiary/aromatic N) is 4. The first-order valence-corrected chi connectivity index (χ1v) is 4.41. The molecule has 0 radical (unpaired) electrons. The van der Waals surface area contributed by atoms with Crippen LogP contribution in [0.2, 0.25) is 0 Å². The molecular formula is C8H6N4O5. The van der Waals surface area contributed by atoms with Gasteiger partial charge in [-0.05, 0) is 0 Å². The molecule has 0 saturated heterocycles. The predicted octanol–water partition coefficient (Wildman–Crippen LogP) is 0.526. The molecular weight excluding hydrogens is 232 g/mol. The second-order valence-electron chi connectivity index (χ2n) is 3.12. The Morgan fingerprint density at radius 2 is 2.41 bits per heavy atom. The number of hydrogen-bond acceptors (Lipinski definition) is 6. The van der Waals surface area contributed by atoms with Crippen LogP contribution in [0.3, 0.4) is 0 Å². The third-order valence-corrected chi connectivity index (χ3v) is 2.03. The van der Waals surface area contributed by atoms with E-state index in [9.17, 15) is 14.9 Å². The number of hydrogen-bond donors (Lipinski definition) is 1. The highest BCUT2D eigenvalue weighted by Gasteiger charge is 2.19. The van der Waals surface area contributed by atoms with Crippen LogP contribution in [-0.4, -0.2) is 30.7 Å². The van der Waals surface area contributed by atoms with Crippen LogP contribution in [0.4, 0.5) is 5.69 Å². The summed E-state index contributed by atoms with van der Waals surface area (Å²) in [5.41, 5.74) is -0.507. The van der Waals surface area contributed by atoms with E-state index in [1.165, 1.54) is 4.57 Å². The molecule has 0 bridgehead atoms. The third kappa shape index (κ3) is 2.12. The molecule has 0 aromatic carbocycles. The van der Waals surface area contributed by atoms with Gasteiger partial charge in [0.1, 0.15) is 5.69 Å². The van der Waals surface area contributed by atoms with Gasteiger partial charge in [0.15, 0.2) is 5.82 Å². The summed E-state index contributed by atoms with van der Waals surface area (Å²) in [5, 5.41) is 22.9. The van der Waals surface area contributed by atoms with Crippen molar-refractivity contribution in [2.75, 3.05) is 0 Å². The lowest BCUT2D eigenvalue weighted by Crippen LogP contribution is -2.09. The van der Waals surface area contributed by atoms with Crippen LogP contribution in [-0.2, 0) is 6.54 Å². The van der Waals surface area contributed by atoms with Crippen molar-refractivity contribution in [1.29, 1.82) is 0 Å². The first-order chi connectivity index (χ1) is 8.08. The topological polar surface area (TPSA) is 124 Å². The van der Waals surface area contributed by atoms with E-state index in [-0.39, 0.29) is 23.8 Å². The van der Waals surface area contributed by atoms with Crippen LogP contribution in [0.15, 0.2) is 23.2 Å². The fourth-order valence-electron chi connectivity index (χ4n) is 1.32. The molecule has 0 fully saturated rings. The zero-order valence-corrected chi connectivity index (χ0v) is 8.31. The maximum atomic E-state index is 10.9. The fourth-order valence-corrected chi connectivity index (χ4v) is 1.32. The van der Waals surface area contributed by atoms with Crippen LogP contribution in [0.5, 0.6) is 0 Å². The summed E-state index contributed by atoms with van der Waals surface area (Å²) >= 11 is 0. The van der Waals surface area contributed by atoms with Gasteiger partial charge >= 0.3 is 5.97 Å². The molecule has 2 heterocycles. The van der Waals surface area contributed by atoms with Gasteiger partial charge in [0.25, 0.3) is 5.69 Å². The molecule has 0 unspecified atom stereocenters. The number of carboxylic acids is 1. The number of rotatable bonds is 4. The van der Waals surface area contributed by atoms with Crippen LogP contribution in [0.25, 0.3) is 0 Å². The van der Waals surface area contributed by atoms with Gasteiger partial charge in [0, 0.05) is 6.07 Å². The molecule has 0 aliphatic carbocycles.